The Hall–Kier alpha value is -11.0. The predicted molar refractivity (Wildman–Crippen MR) is 458 cm³/mol. The zero-order chi connectivity index (χ0) is 96.5. The molecule has 0 spiro atoms. The van der Waals surface area contributed by atoms with Crippen LogP contribution in [0.4, 0.5) is 111 Å². The van der Waals surface area contributed by atoms with Crippen LogP contribution in [0.2, 0.25) is 0 Å². The minimum absolute atomic E-state index is 0.238. The van der Waals surface area contributed by atoms with Crippen LogP contribution < -0.4 is 32.0 Å². The average Bonchev–Trinajstić information content (AvgIpc) is 0.939. The highest BCUT2D eigenvalue weighted by Crippen LogP contribution is 2.61. The van der Waals surface area contributed by atoms with Gasteiger partial charge in [0.05, 0.1) is 61.7 Å². The summed E-state index contributed by atoms with van der Waals surface area (Å²) in [4.78, 5) is 0. The van der Waals surface area contributed by atoms with Gasteiger partial charge in [-0.1, -0.05) is 262 Å². The molecule has 1 aliphatic heterocycles. The standard InChI is InChI=1S/C64H81N7OP.C32H12BF24/c1-40(2)50-27-21-28-51(41(3)4)59(50)68-35-36-69(60-52(42(5)6)29-22-30-53(60)43(7)8)63(68)66-73(39-58(72-48(17)65-73)49-25-19-18-20-26-49)67-64-70(61-54(44(9)10)31-23-32-55(61)45(11)12)37-38-71(64)62-56(46(13)14)33-24-34-57(62)47(15)16;34-25(35,36)13-1-14(26(37,38)39)6-21(5-13)33(22-7-15(27(40,41)42)2-16(8-22)28(43,44)45,23-9-17(29(46,47)48)3-18(10-23)30(49,50)51)24-11-19(31(52,53)54)4-20(12-24)32(55,56)57/h18-47H,1-17H3;1-12H/q+1;-1. The molecule has 0 bridgehead atoms. The van der Waals surface area contributed by atoms with Gasteiger partial charge in [-0.05, 0) is 121 Å². The van der Waals surface area contributed by atoms with Crippen molar-refractivity contribution < 1.29 is 115 Å². The molecule has 0 amide bonds. The molecule has 0 saturated heterocycles. The lowest BCUT2D eigenvalue weighted by Gasteiger charge is -2.46. The lowest BCUT2D eigenvalue weighted by atomic mass is 9.12. The molecule has 0 fully saturated rings. The minimum Gasteiger partial charge on any atom is -0.442 e. The molecular formula is C96H93BF24N7OP. The highest BCUT2D eigenvalue weighted by Gasteiger charge is 2.49. The van der Waals surface area contributed by atoms with Gasteiger partial charge in [0.15, 0.2) is 5.90 Å². The number of ether oxygens (including phenoxy) is 1. The second-order valence-corrected chi connectivity index (χ2v) is 36.8. The summed E-state index contributed by atoms with van der Waals surface area (Å²) in [5.74, 6) is 6.03. The van der Waals surface area contributed by atoms with Crippen molar-refractivity contribution in [3.05, 3.63) is 307 Å². The van der Waals surface area contributed by atoms with E-state index in [2.05, 4.69) is 257 Å². The molecule has 8 nitrogen and oxygen atoms in total. The highest BCUT2D eigenvalue weighted by molar-refractivity contribution is 7.67. The molecule has 3 heterocycles. The maximum Gasteiger partial charge on any atom is 0.416 e. The van der Waals surface area contributed by atoms with E-state index in [0.717, 1.165) is 39.9 Å². The summed E-state index contributed by atoms with van der Waals surface area (Å²) in [5.41, 5.74) is -13.9. The molecule has 9 aromatic carbocycles. The number of aromatic nitrogens is 4. The van der Waals surface area contributed by atoms with Gasteiger partial charge in [0.25, 0.3) is 7.36 Å². The normalized spacial score (nSPS) is 14.8. The molecule has 0 aliphatic carbocycles. The molecule has 0 saturated carbocycles. The van der Waals surface area contributed by atoms with Crippen LogP contribution in [0.25, 0.3) is 28.5 Å². The molecule has 130 heavy (non-hydrogen) atoms. The maximum absolute atomic E-state index is 14.2. The molecule has 0 unspecified atom stereocenters. The van der Waals surface area contributed by atoms with Crippen molar-refractivity contribution in [2.24, 2.45) is 14.3 Å². The summed E-state index contributed by atoms with van der Waals surface area (Å²) < 4.78 is 375. The van der Waals surface area contributed by atoms with E-state index in [1.54, 1.807) is 0 Å². The number of alkyl halides is 24. The van der Waals surface area contributed by atoms with E-state index in [4.69, 9.17) is 19.0 Å². The summed E-state index contributed by atoms with van der Waals surface area (Å²) in [7, 11) is -3.48. The summed E-state index contributed by atoms with van der Waals surface area (Å²) in [6.45, 7) is 38.6. The molecule has 0 radical (unpaired) electrons. The fourth-order valence-corrected chi connectivity index (χ4v) is 18.8. The predicted octanol–water partition coefficient (Wildman–Crippen LogP) is 29.2. The molecule has 1 atom stereocenters. The van der Waals surface area contributed by atoms with Gasteiger partial charge in [0.2, 0.25) is 5.62 Å². The van der Waals surface area contributed by atoms with Crippen molar-refractivity contribution >= 4 is 53.0 Å². The Morgan fingerprint density at radius 1 is 0.323 bits per heavy atom. The smallest absolute Gasteiger partial charge is 0.416 e. The summed E-state index contributed by atoms with van der Waals surface area (Å²) in [6.07, 6.45) is -45.9. The van der Waals surface area contributed by atoms with Crippen molar-refractivity contribution in [2.45, 2.75) is 214 Å². The molecule has 12 rings (SSSR count). The molecular weight excluding hydrogens is 1760 g/mol. The fraction of sp³-hybridized carbons (Fsp3) is 0.344. The minimum atomic E-state index is -6.13. The van der Waals surface area contributed by atoms with Crippen LogP contribution >= 0.6 is 7.36 Å². The van der Waals surface area contributed by atoms with Gasteiger partial charge >= 0.3 is 55.4 Å². The zero-order valence-electron chi connectivity index (χ0n) is 73.4. The SMILES string of the molecule is CC1=N[P@@](N=c2n(-c3c(C(C)C)cccc3C(C)C)ccn2-c2c(C(C)C)cccc2C(C)C)(=Nc2n(-c3c(C(C)C)cccc3C(C)C)cc[n+]2-c2c(C(C)C)cccc2C(C)C)C=C(c2ccccc2)O1.FC(F)(F)c1cc([B-](c2cc(C(F)(F)F)cc(C(F)(F)F)c2)(c2cc(C(F)(F)F)cc(C(F)(F)F)c2)c2cc(C(F)(F)F)cc(C(F)(F)F)c2)cc(C(F)(F)F)c1. The van der Waals surface area contributed by atoms with Gasteiger partial charge in [-0.2, -0.15) is 146 Å². The van der Waals surface area contributed by atoms with E-state index in [-0.39, 0.29) is 47.3 Å². The van der Waals surface area contributed by atoms with E-state index in [1.165, 1.54) is 44.5 Å². The molecule has 0 N–H and O–H groups in total. The highest BCUT2D eigenvalue weighted by atomic mass is 31.2. The summed E-state index contributed by atoms with van der Waals surface area (Å²) in [6, 6.07) is 28.7. The number of imidazole rings is 2. The van der Waals surface area contributed by atoms with Crippen molar-refractivity contribution in [1.82, 2.24) is 13.7 Å². The Labute approximate surface area is 736 Å². The molecule has 2 aromatic heterocycles. The first-order valence-corrected chi connectivity index (χ1v) is 43.2. The number of benzene rings is 9. The second-order valence-electron chi connectivity index (χ2n) is 34.7. The van der Waals surface area contributed by atoms with Crippen LogP contribution in [0.5, 0.6) is 0 Å². The van der Waals surface area contributed by atoms with Crippen LogP contribution in [0.1, 0.15) is 260 Å². The number of para-hydroxylation sites is 4. The summed E-state index contributed by atoms with van der Waals surface area (Å²) in [5, 5.41) is 0. The molecule has 34 heteroatoms. The van der Waals surface area contributed by atoms with Gasteiger partial charge in [-0.3, -0.25) is 9.13 Å². The number of hydrogen-bond acceptors (Lipinski definition) is 2. The van der Waals surface area contributed by atoms with Gasteiger partial charge in [0, 0.05) is 24.9 Å². The maximum atomic E-state index is 14.2. The average molecular weight is 1860 g/mol. The van der Waals surface area contributed by atoms with E-state index >= 15 is 0 Å². The first kappa shape index (κ1) is 99.6. The Bertz CT molecular complexity index is 5510. The second kappa shape index (κ2) is 36.6. The summed E-state index contributed by atoms with van der Waals surface area (Å²) >= 11 is 0. The van der Waals surface area contributed by atoms with E-state index in [9.17, 15) is 105 Å². The van der Waals surface area contributed by atoms with Crippen LogP contribution in [0.3, 0.4) is 0 Å². The van der Waals surface area contributed by atoms with Gasteiger partial charge in [0.1, 0.15) is 35.7 Å². The van der Waals surface area contributed by atoms with Gasteiger partial charge in [-0.15, -0.1) is 0 Å². The lowest BCUT2D eigenvalue weighted by molar-refractivity contribution is -0.581. The van der Waals surface area contributed by atoms with Crippen LogP contribution in [0, 0.1) is 0 Å². The third-order valence-electron chi connectivity index (χ3n) is 22.7. The molecule has 694 valence electrons. The number of rotatable bonds is 19. The van der Waals surface area contributed by atoms with Gasteiger partial charge in [-0.25, -0.2) is 0 Å². The van der Waals surface area contributed by atoms with Crippen molar-refractivity contribution in [1.29, 1.82) is 0 Å². The van der Waals surface area contributed by atoms with Crippen molar-refractivity contribution in [3.63, 3.8) is 0 Å². The quantitative estimate of drug-likeness (QED) is 0.0344. The largest absolute Gasteiger partial charge is 0.442 e. The fourth-order valence-electron chi connectivity index (χ4n) is 16.6. The van der Waals surface area contributed by atoms with E-state index in [1.807, 2.05) is 13.0 Å². The van der Waals surface area contributed by atoms with E-state index in [0.29, 0.717) is 11.7 Å². The van der Waals surface area contributed by atoms with Crippen LogP contribution in [-0.2, 0) is 54.1 Å². The Kier molecular flexibility index (Phi) is 28.1. The number of nitrogens with zero attached hydrogens (tertiary/aromatic N) is 7. The van der Waals surface area contributed by atoms with Crippen LogP contribution in [0.15, 0.2) is 221 Å². The third-order valence-corrected chi connectivity index (χ3v) is 24.8. The zero-order valence-corrected chi connectivity index (χ0v) is 74.3. The number of hydrogen-bond donors (Lipinski definition) is 0. The lowest BCUT2D eigenvalue weighted by Crippen LogP contribution is -2.75. The monoisotopic (exact) mass is 1860 g/mol. The Morgan fingerprint density at radius 2 is 0.577 bits per heavy atom. The number of halogens is 24. The Balaban J connectivity index is 0.000000260. The van der Waals surface area contributed by atoms with Crippen molar-refractivity contribution in [3.8, 4) is 22.7 Å². The van der Waals surface area contributed by atoms with Crippen molar-refractivity contribution in [2.75, 3.05) is 0 Å². The van der Waals surface area contributed by atoms with Gasteiger partial charge < -0.3 is 4.74 Å². The third kappa shape index (κ3) is 20.8. The topological polar surface area (TPSA) is 65.0 Å². The molecule has 11 aromatic rings. The molecule has 1 aliphatic rings. The first-order chi connectivity index (χ1) is 60.0. The first-order valence-electron chi connectivity index (χ1n) is 41.5. The van der Waals surface area contributed by atoms with Crippen LogP contribution in [-0.4, -0.2) is 25.7 Å². The van der Waals surface area contributed by atoms with E-state index < -0.39 is 202 Å². The Morgan fingerprint density at radius 3 is 0.831 bits per heavy atom.